The number of hydrogen-bond acceptors (Lipinski definition) is 7. The van der Waals surface area contributed by atoms with Crippen molar-refractivity contribution in [3.05, 3.63) is 114 Å². The fourth-order valence-electron chi connectivity index (χ4n) is 4.64. The van der Waals surface area contributed by atoms with Gasteiger partial charge >= 0.3 is 6.03 Å². The van der Waals surface area contributed by atoms with Crippen LogP contribution in [-0.2, 0) is 23.1 Å². The summed E-state index contributed by atoms with van der Waals surface area (Å²) in [5.74, 6) is -0.332. The summed E-state index contributed by atoms with van der Waals surface area (Å²) in [5.41, 5.74) is 3.87. The first kappa shape index (κ1) is 30.7. The van der Waals surface area contributed by atoms with Crippen LogP contribution in [0.25, 0.3) is 0 Å². The van der Waals surface area contributed by atoms with Gasteiger partial charge in [0.1, 0.15) is 0 Å². The molecule has 3 aromatic carbocycles. The standard InChI is InChI=1S/C32H35N7O4S/c1-38-17-19-39(20-18-38)23-24-4-8-27(9-5-24)35-31(40)26-6-14-30(15-7-26)44(42,43)37-29-12-10-28(11-13-29)36-32(41)34-22-25-3-2-16-33-21-25/h2-16,21,37H,17-20,22-23H2,1H3,(H,35,40)(H2,34,36,41). The molecule has 4 N–H and O–H groups in total. The molecule has 1 saturated heterocycles. The Balaban J connectivity index is 1.11. The summed E-state index contributed by atoms with van der Waals surface area (Å²) in [5, 5.41) is 8.30. The van der Waals surface area contributed by atoms with Crippen LogP contribution in [0.1, 0.15) is 21.5 Å². The number of piperazine rings is 1. The first-order valence-electron chi connectivity index (χ1n) is 14.2. The number of sulfonamides is 1. The Morgan fingerprint density at radius 2 is 1.41 bits per heavy atom. The number of nitrogens with zero attached hydrogens (tertiary/aromatic N) is 3. The second-order valence-electron chi connectivity index (χ2n) is 10.6. The minimum absolute atomic E-state index is 0.0132. The second-order valence-corrected chi connectivity index (χ2v) is 12.3. The number of anilines is 3. The number of benzene rings is 3. The summed E-state index contributed by atoms with van der Waals surface area (Å²) < 4.78 is 28.4. The molecule has 0 bridgehead atoms. The van der Waals surface area contributed by atoms with Gasteiger partial charge < -0.3 is 20.9 Å². The average molecular weight is 614 g/mol. The molecule has 2 heterocycles. The molecule has 0 atom stereocenters. The minimum Gasteiger partial charge on any atom is -0.334 e. The summed E-state index contributed by atoms with van der Waals surface area (Å²) >= 11 is 0. The Morgan fingerprint density at radius 1 is 0.773 bits per heavy atom. The van der Waals surface area contributed by atoms with Gasteiger partial charge in [0.25, 0.3) is 15.9 Å². The molecule has 3 amide bonds. The van der Waals surface area contributed by atoms with E-state index >= 15 is 0 Å². The van der Waals surface area contributed by atoms with Crippen molar-refractivity contribution in [3.8, 4) is 0 Å². The Labute approximate surface area is 257 Å². The van der Waals surface area contributed by atoms with E-state index in [0.29, 0.717) is 29.2 Å². The van der Waals surface area contributed by atoms with Crippen LogP contribution in [0.5, 0.6) is 0 Å². The highest BCUT2D eigenvalue weighted by molar-refractivity contribution is 7.92. The first-order valence-corrected chi connectivity index (χ1v) is 15.7. The second kappa shape index (κ2) is 14.1. The highest BCUT2D eigenvalue weighted by Crippen LogP contribution is 2.20. The summed E-state index contributed by atoms with van der Waals surface area (Å²) in [6.07, 6.45) is 3.32. The molecule has 5 rings (SSSR count). The Hall–Kier alpha value is -4.78. The molecule has 0 spiro atoms. The number of nitrogens with one attached hydrogen (secondary N) is 4. The van der Waals surface area contributed by atoms with Gasteiger partial charge in [0, 0.05) is 74.3 Å². The average Bonchev–Trinajstić information content (AvgIpc) is 3.03. The fraction of sp³-hybridized carbons (Fsp3) is 0.219. The van der Waals surface area contributed by atoms with Crippen LogP contribution in [0.4, 0.5) is 21.9 Å². The lowest BCUT2D eigenvalue weighted by Gasteiger charge is -2.32. The number of carbonyl (C=O) groups excluding carboxylic acids is 2. The SMILES string of the molecule is CN1CCN(Cc2ccc(NC(=O)c3ccc(S(=O)(=O)Nc4ccc(NC(=O)NCc5cccnc5)cc4)cc3)cc2)CC1. The number of urea groups is 1. The van der Waals surface area contributed by atoms with Crippen molar-refractivity contribution < 1.29 is 18.0 Å². The predicted molar refractivity (Wildman–Crippen MR) is 171 cm³/mol. The zero-order chi connectivity index (χ0) is 30.9. The highest BCUT2D eigenvalue weighted by atomic mass is 32.2. The van der Waals surface area contributed by atoms with Crippen molar-refractivity contribution in [2.45, 2.75) is 18.0 Å². The Morgan fingerprint density at radius 3 is 2.07 bits per heavy atom. The summed E-state index contributed by atoms with van der Waals surface area (Å²) in [4.78, 5) is 33.7. The van der Waals surface area contributed by atoms with E-state index in [1.165, 1.54) is 29.8 Å². The molecule has 12 heteroatoms. The zero-order valence-electron chi connectivity index (χ0n) is 24.4. The molecule has 1 fully saturated rings. The monoisotopic (exact) mass is 613 g/mol. The summed E-state index contributed by atoms with van der Waals surface area (Å²) in [6.45, 7) is 5.39. The van der Waals surface area contributed by atoms with Gasteiger partial charge in [-0.1, -0.05) is 18.2 Å². The third kappa shape index (κ3) is 8.63. The molecule has 0 radical (unpaired) electrons. The van der Waals surface area contributed by atoms with Crippen molar-refractivity contribution in [3.63, 3.8) is 0 Å². The maximum Gasteiger partial charge on any atom is 0.319 e. The van der Waals surface area contributed by atoms with E-state index in [2.05, 4.69) is 42.5 Å². The number of pyridine rings is 1. The van der Waals surface area contributed by atoms with Crippen LogP contribution < -0.4 is 20.7 Å². The van der Waals surface area contributed by atoms with Gasteiger partial charge in [0.05, 0.1) is 4.90 Å². The number of aromatic nitrogens is 1. The van der Waals surface area contributed by atoms with Crippen molar-refractivity contribution in [1.82, 2.24) is 20.1 Å². The molecule has 1 aliphatic heterocycles. The van der Waals surface area contributed by atoms with E-state index in [9.17, 15) is 18.0 Å². The lowest BCUT2D eigenvalue weighted by atomic mass is 10.1. The molecular weight excluding hydrogens is 578 g/mol. The topological polar surface area (TPSA) is 136 Å². The van der Waals surface area contributed by atoms with E-state index in [4.69, 9.17) is 0 Å². The van der Waals surface area contributed by atoms with Gasteiger partial charge in [-0.3, -0.25) is 19.4 Å². The highest BCUT2D eigenvalue weighted by Gasteiger charge is 2.17. The Bertz CT molecular complexity index is 1660. The van der Waals surface area contributed by atoms with Crippen LogP contribution >= 0.6 is 0 Å². The lowest BCUT2D eigenvalue weighted by Crippen LogP contribution is -2.43. The van der Waals surface area contributed by atoms with Gasteiger partial charge in [-0.2, -0.15) is 0 Å². The van der Waals surface area contributed by atoms with Crippen molar-refractivity contribution in [1.29, 1.82) is 0 Å². The van der Waals surface area contributed by atoms with E-state index in [0.717, 1.165) is 38.3 Å². The molecule has 44 heavy (non-hydrogen) atoms. The Kier molecular flexibility index (Phi) is 9.85. The molecule has 1 aromatic heterocycles. The van der Waals surface area contributed by atoms with Crippen molar-refractivity contribution >= 4 is 39.0 Å². The van der Waals surface area contributed by atoms with E-state index in [1.807, 2.05) is 30.3 Å². The molecule has 0 saturated carbocycles. The van der Waals surface area contributed by atoms with E-state index in [1.54, 1.807) is 42.7 Å². The normalized spacial score (nSPS) is 14.0. The van der Waals surface area contributed by atoms with Crippen LogP contribution in [0, 0.1) is 0 Å². The van der Waals surface area contributed by atoms with Crippen LogP contribution in [-0.4, -0.2) is 68.4 Å². The molecular formula is C32H35N7O4S. The summed E-state index contributed by atoms with van der Waals surface area (Å²) in [7, 11) is -1.77. The number of amides is 3. The maximum atomic E-state index is 12.9. The van der Waals surface area contributed by atoms with Crippen LogP contribution in [0.3, 0.4) is 0 Å². The van der Waals surface area contributed by atoms with Gasteiger partial charge in [-0.05, 0) is 84.9 Å². The number of rotatable bonds is 10. The largest absolute Gasteiger partial charge is 0.334 e. The van der Waals surface area contributed by atoms with Gasteiger partial charge in [0.2, 0.25) is 0 Å². The van der Waals surface area contributed by atoms with Crippen LogP contribution in [0.15, 0.2) is 102 Å². The fourth-order valence-corrected chi connectivity index (χ4v) is 5.70. The predicted octanol–water partition coefficient (Wildman–Crippen LogP) is 4.20. The lowest BCUT2D eigenvalue weighted by molar-refractivity contribution is 0.102. The number of likely N-dealkylation sites (N-methyl/N-ethyl adjacent to an activating group) is 1. The van der Waals surface area contributed by atoms with E-state index in [-0.39, 0.29) is 10.8 Å². The van der Waals surface area contributed by atoms with Gasteiger partial charge in [-0.15, -0.1) is 0 Å². The van der Waals surface area contributed by atoms with Crippen LogP contribution in [0.2, 0.25) is 0 Å². The molecule has 1 aliphatic rings. The minimum atomic E-state index is -3.90. The molecule has 11 nitrogen and oxygen atoms in total. The third-order valence-corrected chi connectivity index (χ3v) is 8.61. The summed E-state index contributed by atoms with van der Waals surface area (Å²) in [6, 6.07) is 23.0. The smallest absolute Gasteiger partial charge is 0.319 e. The number of carbonyl (C=O) groups is 2. The molecule has 0 aliphatic carbocycles. The molecule has 228 valence electrons. The van der Waals surface area contributed by atoms with Crippen molar-refractivity contribution in [2.75, 3.05) is 48.6 Å². The molecule has 4 aromatic rings. The third-order valence-electron chi connectivity index (χ3n) is 7.21. The van der Waals surface area contributed by atoms with Gasteiger partial charge in [0.15, 0.2) is 0 Å². The first-order chi connectivity index (χ1) is 21.2. The number of hydrogen-bond donors (Lipinski definition) is 4. The zero-order valence-corrected chi connectivity index (χ0v) is 25.2. The van der Waals surface area contributed by atoms with E-state index < -0.39 is 16.1 Å². The van der Waals surface area contributed by atoms with Crippen molar-refractivity contribution in [2.24, 2.45) is 0 Å². The molecule has 0 unspecified atom stereocenters. The quantitative estimate of drug-likeness (QED) is 0.211. The maximum absolute atomic E-state index is 12.9. The van der Waals surface area contributed by atoms with Gasteiger partial charge in [-0.25, -0.2) is 13.2 Å².